The lowest BCUT2D eigenvalue weighted by Crippen LogP contribution is -2.52. The number of rotatable bonds is 52. The van der Waals surface area contributed by atoms with E-state index in [1.165, 1.54) is 294 Å². The largest absolute Gasteiger partial charge is 0.352 e. The first-order valence-corrected chi connectivity index (χ1v) is 32.2. The molecule has 0 amide bonds. The molecule has 0 aromatic carbocycles. The van der Waals surface area contributed by atoms with Crippen molar-refractivity contribution in [3.05, 3.63) is 0 Å². The van der Waals surface area contributed by atoms with E-state index >= 15 is 0 Å². The summed E-state index contributed by atoms with van der Waals surface area (Å²) in [7, 11) is 0. The van der Waals surface area contributed by atoms with E-state index in [4.69, 9.17) is 18.9 Å². The Labute approximate surface area is 417 Å². The van der Waals surface area contributed by atoms with Crippen molar-refractivity contribution >= 4 is 23.5 Å². The first kappa shape index (κ1) is 61.7. The molecule has 1 spiro atoms. The molecule has 2 aliphatic heterocycles. The molecule has 2 aliphatic rings. The van der Waals surface area contributed by atoms with E-state index in [0.29, 0.717) is 26.4 Å². The first-order valence-electron chi connectivity index (χ1n) is 29.9. The predicted molar refractivity (Wildman–Crippen MR) is 292 cm³/mol. The smallest absolute Gasteiger partial charge is 0.158 e. The molecule has 0 aromatic heterocycles. The van der Waals surface area contributed by atoms with Gasteiger partial charge in [-0.3, -0.25) is 0 Å². The molecule has 0 atom stereocenters. The van der Waals surface area contributed by atoms with Gasteiger partial charge >= 0.3 is 0 Å². The maximum Gasteiger partial charge on any atom is 0.158 e. The Hall–Kier alpha value is 0.540. The van der Waals surface area contributed by atoms with Crippen LogP contribution in [0, 0.1) is 5.41 Å². The molecular weight excluding hydrogens is 837 g/mol. The fourth-order valence-corrected chi connectivity index (χ4v) is 11.9. The number of hydrogen-bond donors (Lipinski definition) is 0. The zero-order valence-corrected chi connectivity index (χ0v) is 45.9. The highest BCUT2D eigenvalue weighted by molar-refractivity contribution is 7.99. The van der Waals surface area contributed by atoms with Gasteiger partial charge in [-0.1, -0.05) is 284 Å². The lowest BCUT2D eigenvalue weighted by Gasteiger charge is -2.43. The second-order valence-electron chi connectivity index (χ2n) is 21.3. The van der Waals surface area contributed by atoms with Crippen molar-refractivity contribution in [1.82, 2.24) is 0 Å². The fourth-order valence-electron chi connectivity index (χ4n) is 9.95. The normalized spacial score (nSPS) is 18.9. The van der Waals surface area contributed by atoms with Crippen molar-refractivity contribution in [3.63, 3.8) is 0 Å². The summed E-state index contributed by atoms with van der Waals surface area (Å²) in [4.78, 5) is 0. The molecule has 0 aliphatic carbocycles. The molecule has 2 fully saturated rings. The lowest BCUT2D eigenvalue weighted by molar-refractivity contribution is -0.302. The quantitative estimate of drug-likeness (QED) is 0.0566. The molecule has 0 radical (unpaired) electrons. The van der Waals surface area contributed by atoms with E-state index in [1.54, 1.807) is 0 Å². The summed E-state index contributed by atoms with van der Waals surface area (Å²) in [5.41, 5.74) is -0.120. The minimum Gasteiger partial charge on any atom is -0.352 e. The van der Waals surface area contributed by atoms with Gasteiger partial charge in [0.05, 0.1) is 31.8 Å². The van der Waals surface area contributed by atoms with Gasteiger partial charge in [0.2, 0.25) is 0 Å². The Kier molecular flexibility index (Phi) is 47.0. The number of unbranched alkanes of at least 4 members (excludes halogenated alkanes) is 42. The van der Waals surface area contributed by atoms with Crippen molar-refractivity contribution < 1.29 is 18.9 Å². The average Bonchev–Trinajstić information content (AvgIpc) is 3.32. The van der Waals surface area contributed by atoms with E-state index in [1.807, 2.05) is 0 Å². The third-order valence-electron chi connectivity index (χ3n) is 14.6. The topological polar surface area (TPSA) is 36.9 Å². The molecule has 2 rings (SSSR count). The summed E-state index contributed by atoms with van der Waals surface area (Å²) >= 11 is 4.16. The van der Waals surface area contributed by atoms with Crippen LogP contribution in [0.4, 0.5) is 0 Å². The Bertz CT molecular complexity index is 829. The van der Waals surface area contributed by atoms with Gasteiger partial charge in [-0.2, -0.15) is 23.5 Å². The van der Waals surface area contributed by atoms with Crippen LogP contribution < -0.4 is 0 Å². The highest BCUT2D eigenvalue weighted by Crippen LogP contribution is 2.32. The first-order chi connectivity index (χ1) is 32.3. The molecule has 0 unspecified atom stereocenters. The third kappa shape index (κ3) is 40.9. The molecule has 2 heterocycles. The van der Waals surface area contributed by atoms with Crippen molar-refractivity contribution in [2.75, 3.05) is 49.4 Å². The zero-order valence-electron chi connectivity index (χ0n) is 44.3. The summed E-state index contributed by atoms with van der Waals surface area (Å²) in [6, 6.07) is 0. The summed E-state index contributed by atoms with van der Waals surface area (Å²) in [5.74, 6) is 4.81. The molecule has 2 saturated heterocycles. The SMILES string of the molecule is CCCCCCCCCCCCCCCCCCCCCCCCSCCC1OCC2(CO1)COC(CCSCCCCCCCCCCCCCCCCCCCCCCCC)OC2. The predicted octanol–water partition coefficient (Wildman–Crippen LogP) is 20.2. The van der Waals surface area contributed by atoms with E-state index < -0.39 is 0 Å². The molecule has 0 bridgehead atoms. The molecule has 65 heavy (non-hydrogen) atoms. The van der Waals surface area contributed by atoms with Crippen molar-refractivity contribution in [3.8, 4) is 0 Å². The Balaban J connectivity index is 1.22. The molecule has 4 nitrogen and oxygen atoms in total. The second-order valence-corrected chi connectivity index (χ2v) is 23.7. The highest BCUT2D eigenvalue weighted by Gasteiger charge is 2.41. The van der Waals surface area contributed by atoms with Gasteiger partial charge in [0.25, 0.3) is 0 Å². The summed E-state index contributed by atoms with van der Waals surface area (Å²) in [6.07, 6.45) is 65.6. The monoisotopic (exact) mass is 953 g/mol. The average molecular weight is 954 g/mol. The third-order valence-corrected chi connectivity index (χ3v) is 16.8. The molecule has 6 heteroatoms. The lowest BCUT2D eigenvalue weighted by atomic mass is 9.90. The Morgan fingerprint density at radius 1 is 0.262 bits per heavy atom. The van der Waals surface area contributed by atoms with Crippen LogP contribution >= 0.6 is 23.5 Å². The van der Waals surface area contributed by atoms with E-state index in [-0.39, 0.29) is 18.0 Å². The van der Waals surface area contributed by atoms with Gasteiger partial charge in [-0.15, -0.1) is 0 Å². The Morgan fingerprint density at radius 3 is 0.646 bits per heavy atom. The van der Waals surface area contributed by atoms with Crippen molar-refractivity contribution in [1.29, 1.82) is 0 Å². The van der Waals surface area contributed by atoms with Gasteiger partial charge in [0, 0.05) is 12.8 Å². The van der Waals surface area contributed by atoms with Crippen LogP contribution in [0.2, 0.25) is 0 Å². The van der Waals surface area contributed by atoms with Crippen molar-refractivity contribution in [2.24, 2.45) is 5.41 Å². The van der Waals surface area contributed by atoms with Crippen LogP contribution in [-0.4, -0.2) is 62.0 Å². The molecule has 0 saturated carbocycles. The van der Waals surface area contributed by atoms with Gasteiger partial charge in [0.1, 0.15) is 0 Å². The second kappa shape index (κ2) is 49.5. The van der Waals surface area contributed by atoms with Crippen LogP contribution in [0.25, 0.3) is 0 Å². The van der Waals surface area contributed by atoms with Crippen LogP contribution in [-0.2, 0) is 18.9 Å². The molecular formula is C59H116O4S2. The van der Waals surface area contributed by atoms with E-state index in [2.05, 4.69) is 37.4 Å². The van der Waals surface area contributed by atoms with Crippen molar-refractivity contribution in [2.45, 2.75) is 322 Å². The standard InChI is InChI=1S/C59H116O4S2/c1-3-5-7-9-11-13-15-17-19-21-23-25-27-29-31-33-35-37-39-41-43-45-49-64-51-47-57-60-53-59(54-61-57)55-62-58(63-56-59)48-52-65-50-46-44-42-40-38-36-34-32-30-28-26-24-22-20-18-16-14-12-10-8-6-4-2/h57-58H,3-56H2,1-2H3. The van der Waals surface area contributed by atoms with Gasteiger partial charge in [-0.25, -0.2) is 0 Å². The van der Waals surface area contributed by atoms with Gasteiger partial charge < -0.3 is 18.9 Å². The van der Waals surface area contributed by atoms with Gasteiger partial charge in [0.15, 0.2) is 12.6 Å². The minimum absolute atomic E-state index is 0.0598. The summed E-state index contributed by atoms with van der Waals surface area (Å²) in [5, 5.41) is 0. The highest BCUT2D eigenvalue weighted by atomic mass is 32.2. The molecule has 388 valence electrons. The fraction of sp³-hybridized carbons (Fsp3) is 1.00. The Morgan fingerprint density at radius 2 is 0.446 bits per heavy atom. The zero-order chi connectivity index (χ0) is 46.1. The van der Waals surface area contributed by atoms with Crippen LogP contribution in [0.3, 0.4) is 0 Å². The van der Waals surface area contributed by atoms with Crippen LogP contribution in [0.5, 0.6) is 0 Å². The molecule has 0 N–H and O–H groups in total. The molecule has 0 aromatic rings. The minimum atomic E-state index is -0.120. The maximum atomic E-state index is 6.18. The van der Waals surface area contributed by atoms with Gasteiger partial charge in [-0.05, 0) is 35.9 Å². The maximum absolute atomic E-state index is 6.18. The number of hydrogen-bond acceptors (Lipinski definition) is 6. The van der Waals surface area contributed by atoms with E-state index in [0.717, 1.165) is 24.3 Å². The van der Waals surface area contributed by atoms with E-state index in [9.17, 15) is 0 Å². The summed E-state index contributed by atoms with van der Waals surface area (Å²) in [6.45, 7) is 7.40. The van der Waals surface area contributed by atoms with Crippen LogP contribution in [0.1, 0.15) is 309 Å². The number of thioether (sulfide) groups is 2. The number of ether oxygens (including phenoxy) is 4. The summed E-state index contributed by atoms with van der Waals surface area (Å²) < 4.78 is 24.7. The van der Waals surface area contributed by atoms with Crippen LogP contribution in [0.15, 0.2) is 0 Å².